The highest BCUT2D eigenvalue weighted by atomic mass is 16.5. The number of carbonyl (C=O) groups is 1. The van der Waals surface area contributed by atoms with Crippen LogP contribution in [0.25, 0.3) is 0 Å². The number of hydrogen-bond donors (Lipinski definition) is 0. The predicted octanol–water partition coefficient (Wildman–Crippen LogP) is 9.32. The van der Waals surface area contributed by atoms with E-state index in [9.17, 15) is 4.79 Å². The van der Waals surface area contributed by atoms with Crippen molar-refractivity contribution in [3.05, 3.63) is 12.2 Å². The quantitative estimate of drug-likeness (QED) is 0.0956. The highest BCUT2D eigenvalue weighted by molar-refractivity contribution is 5.87. The number of unbranched alkanes of at least 4 members (excludes halogenated alkanes) is 18. The summed E-state index contributed by atoms with van der Waals surface area (Å²) in [6.45, 7) is 9.01. The molecule has 0 N–H and O–H groups in total. The molecule has 172 valence electrons. The molecule has 0 rings (SSSR count). The van der Waals surface area contributed by atoms with E-state index in [0.29, 0.717) is 12.2 Å². The van der Waals surface area contributed by atoms with Crippen LogP contribution in [0.5, 0.6) is 0 Å². The first-order valence-electron chi connectivity index (χ1n) is 13.1. The molecule has 2 heteroatoms. The molecule has 0 fully saturated rings. The third-order valence-electron chi connectivity index (χ3n) is 5.85. The van der Waals surface area contributed by atoms with Crippen molar-refractivity contribution in [2.75, 3.05) is 6.61 Å². The fraction of sp³-hybridized carbons (Fsp3) is 0.889. The van der Waals surface area contributed by atoms with E-state index in [1.165, 1.54) is 116 Å². The zero-order chi connectivity index (χ0) is 21.4. The molecule has 0 unspecified atom stereocenters. The second-order valence-electron chi connectivity index (χ2n) is 8.85. The summed E-state index contributed by atoms with van der Waals surface area (Å²) < 4.78 is 5.38. The van der Waals surface area contributed by atoms with Gasteiger partial charge in [0.15, 0.2) is 0 Å². The van der Waals surface area contributed by atoms with Gasteiger partial charge in [0.25, 0.3) is 0 Å². The zero-order valence-electron chi connectivity index (χ0n) is 20.1. The number of ether oxygens (including phenoxy) is 1. The van der Waals surface area contributed by atoms with E-state index in [1.807, 2.05) is 0 Å². The Bertz CT molecular complexity index is 362. The molecule has 0 atom stereocenters. The summed E-state index contributed by atoms with van der Waals surface area (Å²) in [7, 11) is 0. The van der Waals surface area contributed by atoms with E-state index in [4.69, 9.17) is 4.74 Å². The van der Waals surface area contributed by atoms with Gasteiger partial charge in [-0.1, -0.05) is 136 Å². The van der Waals surface area contributed by atoms with Crippen molar-refractivity contribution in [1.82, 2.24) is 0 Å². The summed E-state index contributed by atoms with van der Waals surface area (Å²) in [5.41, 5.74) is 0.662. The van der Waals surface area contributed by atoms with E-state index in [2.05, 4.69) is 20.4 Å². The highest BCUT2D eigenvalue weighted by Crippen LogP contribution is 2.14. The topological polar surface area (TPSA) is 26.3 Å². The lowest BCUT2D eigenvalue weighted by Crippen LogP contribution is -2.08. The van der Waals surface area contributed by atoms with Crippen molar-refractivity contribution >= 4 is 5.97 Å². The molecule has 0 bridgehead atoms. The van der Waals surface area contributed by atoms with Gasteiger partial charge in [0.1, 0.15) is 0 Å². The van der Waals surface area contributed by atoms with Gasteiger partial charge in [-0.2, -0.15) is 0 Å². The number of hydrogen-bond acceptors (Lipinski definition) is 2. The summed E-state index contributed by atoms with van der Waals surface area (Å²) in [5.74, 6) is -0.170. The van der Waals surface area contributed by atoms with E-state index >= 15 is 0 Å². The Morgan fingerprint density at radius 3 is 1.31 bits per heavy atom. The zero-order valence-corrected chi connectivity index (χ0v) is 20.1. The molecular weight excluding hydrogens is 356 g/mol. The standard InChI is InChI=1S/C27H52O2/c1-4-6-8-10-12-14-15-16-17-19-21-23-25-29-27(28)26(3)24-22-20-18-13-11-9-7-5-2/h3-25H2,1-2H3. The van der Waals surface area contributed by atoms with Crippen LogP contribution >= 0.6 is 0 Å². The van der Waals surface area contributed by atoms with Crippen LogP contribution < -0.4 is 0 Å². The lowest BCUT2D eigenvalue weighted by atomic mass is 10.0. The first kappa shape index (κ1) is 28.2. The van der Waals surface area contributed by atoms with Crippen molar-refractivity contribution in [1.29, 1.82) is 0 Å². The maximum absolute atomic E-state index is 12.0. The van der Waals surface area contributed by atoms with Gasteiger partial charge in [-0.3, -0.25) is 0 Å². The van der Waals surface area contributed by atoms with Gasteiger partial charge in [-0.05, 0) is 19.3 Å². The van der Waals surface area contributed by atoms with E-state index < -0.39 is 0 Å². The highest BCUT2D eigenvalue weighted by Gasteiger charge is 2.07. The maximum atomic E-state index is 12.0. The van der Waals surface area contributed by atoms with Gasteiger partial charge >= 0.3 is 5.97 Å². The molecule has 29 heavy (non-hydrogen) atoms. The lowest BCUT2D eigenvalue weighted by Gasteiger charge is -2.07. The molecule has 0 aliphatic carbocycles. The molecule has 0 heterocycles. The van der Waals surface area contributed by atoms with Crippen LogP contribution in [0.1, 0.15) is 149 Å². The molecule has 0 aromatic carbocycles. The summed E-state index contributed by atoms with van der Waals surface area (Å²) in [6.07, 6.45) is 27.0. The molecule has 2 nitrogen and oxygen atoms in total. The predicted molar refractivity (Wildman–Crippen MR) is 128 cm³/mol. The number of carbonyl (C=O) groups excluding carboxylic acids is 1. The summed E-state index contributed by atoms with van der Waals surface area (Å²) in [5, 5.41) is 0. The second-order valence-corrected chi connectivity index (χ2v) is 8.85. The van der Waals surface area contributed by atoms with E-state index in [-0.39, 0.29) is 5.97 Å². The minimum absolute atomic E-state index is 0.170. The van der Waals surface area contributed by atoms with E-state index in [0.717, 1.165) is 19.3 Å². The van der Waals surface area contributed by atoms with Gasteiger partial charge in [0, 0.05) is 5.57 Å². The van der Waals surface area contributed by atoms with Crippen LogP contribution in [0.4, 0.5) is 0 Å². The van der Waals surface area contributed by atoms with Crippen LogP contribution in [0.2, 0.25) is 0 Å². The summed E-state index contributed by atoms with van der Waals surface area (Å²) in [6, 6.07) is 0. The van der Waals surface area contributed by atoms with E-state index in [1.54, 1.807) is 0 Å². The molecule has 0 aliphatic rings. The van der Waals surface area contributed by atoms with Crippen molar-refractivity contribution < 1.29 is 9.53 Å². The van der Waals surface area contributed by atoms with Crippen LogP contribution in [-0.4, -0.2) is 12.6 Å². The first-order valence-corrected chi connectivity index (χ1v) is 13.1. The molecule has 0 aromatic rings. The largest absolute Gasteiger partial charge is 0.462 e. The summed E-state index contributed by atoms with van der Waals surface area (Å²) >= 11 is 0. The molecule has 0 aromatic heterocycles. The Morgan fingerprint density at radius 1 is 0.552 bits per heavy atom. The first-order chi connectivity index (χ1) is 14.2. The molecule has 0 aliphatic heterocycles. The average Bonchev–Trinajstić information content (AvgIpc) is 2.73. The van der Waals surface area contributed by atoms with Crippen LogP contribution in [-0.2, 0) is 9.53 Å². The van der Waals surface area contributed by atoms with Crippen molar-refractivity contribution in [2.45, 2.75) is 149 Å². The smallest absolute Gasteiger partial charge is 0.333 e. The molecule has 0 amide bonds. The minimum atomic E-state index is -0.170. The Morgan fingerprint density at radius 2 is 0.897 bits per heavy atom. The Balaban J connectivity index is 3.30. The molecule has 0 spiro atoms. The molecule has 0 radical (unpaired) electrons. The second kappa shape index (κ2) is 23.5. The third kappa shape index (κ3) is 21.7. The number of esters is 1. The van der Waals surface area contributed by atoms with Crippen LogP contribution in [0.15, 0.2) is 12.2 Å². The monoisotopic (exact) mass is 408 g/mol. The fourth-order valence-corrected chi connectivity index (χ4v) is 3.78. The third-order valence-corrected chi connectivity index (χ3v) is 5.85. The maximum Gasteiger partial charge on any atom is 0.333 e. The molecular formula is C27H52O2. The van der Waals surface area contributed by atoms with Gasteiger partial charge < -0.3 is 4.74 Å². The van der Waals surface area contributed by atoms with Crippen LogP contribution in [0, 0.1) is 0 Å². The van der Waals surface area contributed by atoms with Crippen molar-refractivity contribution in [3.63, 3.8) is 0 Å². The van der Waals surface area contributed by atoms with Gasteiger partial charge in [0.05, 0.1) is 6.61 Å². The fourth-order valence-electron chi connectivity index (χ4n) is 3.78. The Kier molecular flexibility index (Phi) is 22.8. The van der Waals surface area contributed by atoms with Crippen molar-refractivity contribution in [3.8, 4) is 0 Å². The Hall–Kier alpha value is -0.790. The van der Waals surface area contributed by atoms with Crippen molar-refractivity contribution in [2.24, 2.45) is 0 Å². The number of rotatable bonds is 23. The minimum Gasteiger partial charge on any atom is -0.462 e. The Labute approximate surface area is 183 Å². The van der Waals surface area contributed by atoms with Gasteiger partial charge in [0.2, 0.25) is 0 Å². The summed E-state index contributed by atoms with van der Waals surface area (Å²) in [4.78, 5) is 12.0. The lowest BCUT2D eigenvalue weighted by molar-refractivity contribution is -0.139. The van der Waals surface area contributed by atoms with Gasteiger partial charge in [-0.15, -0.1) is 0 Å². The van der Waals surface area contributed by atoms with Gasteiger partial charge in [-0.25, -0.2) is 4.79 Å². The molecule has 0 saturated carbocycles. The SMILES string of the molecule is C=C(CCCCCCCCCC)C(=O)OCCCCCCCCCCCCCC. The van der Waals surface area contributed by atoms with Crippen LogP contribution in [0.3, 0.4) is 0 Å². The molecule has 0 saturated heterocycles. The average molecular weight is 409 g/mol. The normalized spacial score (nSPS) is 11.0.